The molecule has 0 spiro atoms. The van der Waals surface area contributed by atoms with Crippen LogP contribution in [0.3, 0.4) is 0 Å². The van der Waals surface area contributed by atoms with Crippen LogP contribution in [0.5, 0.6) is 0 Å². The molecule has 0 saturated heterocycles. The third-order valence-corrected chi connectivity index (χ3v) is 5.63. The number of hydrogen-bond acceptors (Lipinski definition) is 4. The fourth-order valence-corrected chi connectivity index (χ4v) is 3.75. The van der Waals surface area contributed by atoms with Crippen molar-refractivity contribution in [2.24, 2.45) is 18.4 Å². The number of sulfonamides is 1. The summed E-state index contributed by atoms with van der Waals surface area (Å²) in [4.78, 5) is 11.6. The number of aromatic nitrogens is 2. The Morgan fingerprint density at radius 1 is 1.52 bits per heavy atom. The van der Waals surface area contributed by atoms with Gasteiger partial charge in [-0.05, 0) is 31.6 Å². The van der Waals surface area contributed by atoms with Crippen LogP contribution >= 0.6 is 0 Å². The van der Waals surface area contributed by atoms with Gasteiger partial charge in [-0.1, -0.05) is 6.92 Å². The van der Waals surface area contributed by atoms with Crippen LogP contribution in [0.4, 0.5) is 0 Å². The van der Waals surface area contributed by atoms with E-state index in [1.165, 1.54) is 17.1 Å². The zero-order chi connectivity index (χ0) is 15.7. The highest BCUT2D eigenvalue weighted by Crippen LogP contribution is 2.38. The predicted molar refractivity (Wildman–Crippen MR) is 76.1 cm³/mol. The van der Waals surface area contributed by atoms with Gasteiger partial charge in [-0.25, -0.2) is 13.1 Å². The minimum atomic E-state index is -3.72. The second kappa shape index (κ2) is 5.76. The third kappa shape index (κ3) is 3.44. The molecule has 0 bridgehead atoms. The molecule has 1 aliphatic carbocycles. The number of aliphatic carboxylic acids is 1. The van der Waals surface area contributed by atoms with Crippen LogP contribution in [-0.2, 0) is 21.9 Å². The summed E-state index contributed by atoms with van der Waals surface area (Å²) < 4.78 is 28.1. The molecule has 1 aromatic rings. The summed E-state index contributed by atoms with van der Waals surface area (Å²) in [5, 5.41) is 13.3. The Kier molecular flexibility index (Phi) is 4.38. The van der Waals surface area contributed by atoms with E-state index in [1.807, 2.05) is 0 Å². The first-order valence-electron chi connectivity index (χ1n) is 6.97. The summed E-state index contributed by atoms with van der Waals surface area (Å²) in [6.07, 6.45) is 5.25. The van der Waals surface area contributed by atoms with Crippen molar-refractivity contribution in [2.75, 3.05) is 6.54 Å². The van der Waals surface area contributed by atoms with Gasteiger partial charge in [0.05, 0.1) is 11.6 Å². The van der Waals surface area contributed by atoms with E-state index in [1.54, 1.807) is 7.05 Å². The lowest BCUT2D eigenvalue weighted by Crippen LogP contribution is -2.45. The Morgan fingerprint density at radius 2 is 2.14 bits per heavy atom. The highest BCUT2D eigenvalue weighted by Gasteiger charge is 2.42. The molecular weight excluding hydrogens is 294 g/mol. The number of aryl methyl sites for hydroxylation is 1. The van der Waals surface area contributed by atoms with Crippen molar-refractivity contribution in [3.63, 3.8) is 0 Å². The molecule has 0 radical (unpaired) electrons. The maximum Gasteiger partial charge on any atom is 0.310 e. The quantitative estimate of drug-likeness (QED) is 0.843. The molecule has 2 N–H and O–H groups in total. The zero-order valence-corrected chi connectivity index (χ0v) is 13.1. The molecule has 21 heavy (non-hydrogen) atoms. The molecule has 0 aromatic carbocycles. The largest absolute Gasteiger partial charge is 0.481 e. The number of carboxylic acid groups (broad SMARTS) is 1. The van der Waals surface area contributed by atoms with Crippen molar-refractivity contribution in [2.45, 2.75) is 37.5 Å². The average molecular weight is 315 g/mol. The first kappa shape index (κ1) is 16.0. The molecule has 1 heterocycles. The van der Waals surface area contributed by atoms with Crippen LogP contribution in [0.15, 0.2) is 17.3 Å². The molecule has 1 aromatic heterocycles. The maximum atomic E-state index is 12.2. The number of hydrogen-bond donors (Lipinski definition) is 2. The van der Waals surface area contributed by atoms with Crippen molar-refractivity contribution >= 4 is 16.0 Å². The van der Waals surface area contributed by atoms with Crippen molar-refractivity contribution in [3.8, 4) is 0 Å². The van der Waals surface area contributed by atoms with Crippen LogP contribution in [0, 0.1) is 11.3 Å². The van der Waals surface area contributed by atoms with Crippen molar-refractivity contribution in [1.82, 2.24) is 14.5 Å². The number of nitrogens with zero attached hydrogens (tertiary/aromatic N) is 2. The van der Waals surface area contributed by atoms with Gasteiger partial charge in [0, 0.05) is 19.8 Å². The Balaban J connectivity index is 2.11. The number of carbonyl (C=O) groups is 1. The topological polar surface area (TPSA) is 101 Å². The van der Waals surface area contributed by atoms with Gasteiger partial charge in [-0.15, -0.1) is 0 Å². The Labute approximate surface area is 124 Å². The van der Waals surface area contributed by atoms with Crippen molar-refractivity contribution in [1.29, 1.82) is 0 Å². The second-order valence-corrected chi connectivity index (χ2v) is 7.71. The summed E-state index contributed by atoms with van der Waals surface area (Å²) in [7, 11) is -2.10. The van der Waals surface area contributed by atoms with E-state index in [0.717, 1.165) is 12.8 Å². The van der Waals surface area contributed by atoms with E-state index < -0.39 is 21.4 Å². The summed E-state index contributed by atoms with van der Waals surface area (Å²) >= 11 is 0. The lowest BCUT2D eigenvalue weighted by molar-refractivity contribution is -0.151. The highest BCUT2D eigenvalue weighted by atomic mass is 32.2. The van der Waals surface area contributed by atoms with Crippen molar-refractivity contribution < 1.29 is 18.3 Å². The highest BCUT2D eigenvalue weighted by molar-refractivity contribution is 7.89. The van der Waals surface area contributed by atoms with E-state index >= 15 is 0 Å². The van der Waals surface area contributed by atoms with Gasteiger partial charge in [0.25, 0.3) is 0 Å². The van der Waals surface area contributed by atoms with E-state index in [-0.39, 0.29) is 11.4 Å². The minimum absolute atomic E-state index is 0.0507. The summed E-state index contributed by atoms with van der Waals surface area (Å²) in [6, 6.07) is 0. The Bertz CT molecular complexity index is 615. The fraction of sp³-hybridized carbons (Fsp3) is 0.692. The number of nitrogens with one attached hydrogen (secondary N) is 1. The molecule has 0 unspecified atom stereocenters. The average Bonchev–Trinajstić information content (AvgIpc) is 2.86. The molecule has 1 saturated carbocycles. The van der Waals surface area contributed by atoms with E-state index in [0.29, 0.717) is 18.8 Å². The smallest absolute Gasteiger partial charge is 0.310 e. The van der Waals surface area contributed by atoms with Crippen LogP contribution in [0.1, 0.15) is 32.6 Å². The molecule has 0 amide bonds. The predicted octanol–water partition coefficient (Wildman–Crippen LogP) is 0.979. The molecule has 7 nitrogen and oxygen atoms in total. The zero-order valence-electron chi connectivity index (χ0n) is 12.2. The summed E-state index contributed by atoms with van der Waals surface area (Å²) in [5.74, 6) is -0.435. The number of carboxylic acids is 1. The van der Waals surface area contributed by atoms with E-state index in [2.05, 4.69) is 16.7 Å². The summed E-state index contributed by atoms with van der Waals surface area (Å²) in [5.41, 5.74) is -0.998. The Morgan fingerprint density at radius 3 is 2.62 bits per heavy atom. The summed E-state index contributed by atoms with van der Waals surface area (Å²) in [6.45, 7) is 2.01. The molecule has 0 atom stereocenters. The lowest BCUT2D eigenvalue weighted by atomic mass is 9.71. The first-order chi connectivity index (χ1) is 9.75. The molecule has 1 fully saturated rings. The van der Waals surface area contributed by atoms with Crippen LogP contribution in [0.25, 0.3) is 0 Å². The SMILES string of the molecule is CC1CCC(CNS(=O)(=O)c2cnn(C)c2)(C(=O)O)CC1. The molecule has 8 heteroatoms. The second-order valence-electron chi connectivity index (χ2n) is 5.94. The van der Waals surface area contributed by atoms with Gasteiger partial charge in [0.1, 0.15) is 4.90 Å². The van der Waals surface area contributed by atoms with Crippen molar-refractivity contribution in [3.05, 3.63) is 12.4 Å². The van der Waals surface area contributed by atoms with Gasteiger partial charge in [0.15, 0.2) is 0 Å². The van der Waals surface area contributed by atoms with Gasteiger partial charge in [-0.2, -0.15) is 5.10 Å². The van der Waals surface area contributed by atoms with Crippen LogP contribution in [0.2, 0.25) is 0 Å². The molecule has 118 valence electrons. The Hall–Kier alpha value is -1.41. The first-order valence-corrected chi connectivity index (χ1v) is 8.45. The van der Waals surface area contributed by atoms with Crippen LogP contribution in [-0.4, -0.2) is 35.8 Å². The van der Waals surface area contributed by atoms with Crippen LogP contribution < -0.4 is 4.72 Å². The third-order valence-electron chi connectivity index (χ3n) is 4.28. The normalized spacial score (nSPS) is 26.7. The molecule has 1 aliphatic rings. The van der Waals surface area contributed by atoms with E-state index in [4.69, 9.17) is 0 Å². The lowest BCUT2D eigenvalue weighted by Gasteiger charge is -2.35. The van der Waals surface area contributed by atoms with Gasteiger partial charge < -0.3 is 5.11 Å². The standard InChI is InChI=1S/C13H21N3O4S/c1-10-3-5-13(6-4-10,12(17)18)9-15-21(19,20)11-7-14-16(2)8-11/h7-8,10,15H,3-6,9H2,1-2H3,(H,17,18). The van der Waals surface area contributed by atoms with Gasteiger partial charge in [-0.3, -0.25) is 9.48 Å². The molecular formula is C13H21N3O4S. The monoisotopic (exact) mass is 315 g/mol. The number of rotatable bonds is 5. The minimum Gasteiger partial charge on any atom is -0.481 e. The van der Waals surface area contributed by atoms with Gasteiger partial charge in [0.2, 0.25) is 10.0 Å². The van der Waals surface area contributed by atoms with E-state index in [9.17, 15) is 18.3 Å². The molecule has 2 rings (SSSR count). The maximum absolute atomic E-state index is 12.2. The fourth-order valence-electron chi connectivity index (χ4n) is 2.64. The van der Waals surface area contributed by atoms with Gasteiger partial charge >= 0.3 is 5.97 Å². The molecule has 0 aliphatic heterocycles.